The van der Waals surface area contributed by atoms with Gasteiger partial charge in [0.15, 0.2) is 17.4 Å². The van der Waals surface area contributed by atoms with Crippen molar-refractivity contribution in [1.82, 2.24) is 0 Å². The lowest BCUT2D eigenvalue weighted by molar-refractivity contribution is -0.370. The summed E-state index contributed by atoms with van der Waals surface area (Å²) in [6.45, 7) is 18.0. The Balaban J connectivity index is 0.628. The molecule has 17 fully saturated rings. The predicted octanol–water partition coefficient (Wildman–Crippen LogP) is 5.19. The van der Waals surface area contributed by atoms with E-state index in [1.54, 1.807) is 0 Å². The molecule has 19 nitrogen and oxygen atoms in total. The molecule has 17 aliphatic rings. The van der Waals surface area contributed by atoms with Crippen molar-refractivity contribution in [1.29, 1.82) is 0 Å². The fourth-order valence-electron chi connectivity index (χ4n) is 18.9. The Bertz CT molecular complexity index is 2410. The van der Waals surface area contributed by atoms with Crippen molar-refractivity contribution in [2.75, 3.05) is 13.2 Å². The van der Waals surface area contributed by atoms with Gasteiger partial charge in [0.2, 0.25) is 0 Å². The zero-order chi connectivity index (χ0) is 54.3. The third-order valence-electron chi connectivity index (χ3n) is 22.7. The van der Waals surface area contributed by atoms with Crippen LogP contribution in [0.25, 0.3) is 0 Å². The molecule has 444 valence electrons. The lowest BCUT2D eigenvalue weighted by Gasteiger charge is -2.54. The molecular weight excluding hydrogens is 1040 g/mol. The molecule has 17 aliphatic heterocycles. The maximum absolute atomic E-state index is 14.6. The minimum absolute atomic E-state index is 0.0140. The van der Waals surface area contributed by atoms with Gasteiger partial charge in [-0.1, -0.05) is 40.9 Å². The standard InChI is InChI=1S/C61H86O19/c1-26-13-32-7-9-37-27(2)14-34(66-37)11-12-59-22-46-55(79-59)56-57(72-46)58(80-59)54-38(70-56)10-8-33(68-54)15-48(64)73-52-31(6)51-43(69-42(52)16-39(67-32)30(26)5)17-40-45(71-51)21-61(75-40)23-47-50(78-61)29(4)20-60(77-47)19-28(3)49-44(76-60)18-41-53(74-49)35(25-65-41)36(63)24-62/h26,28-29,31-47,49-58,62-63H,2,5,7-25H2,1,3-4,6H3/t26-,28+,29+,31+,32+,33-,34+,35?,36+,37+,38+,39-,40-,41?,42+,43+,44+,45-,46+,47+,49+,50+,51+,52-,53?,54+,55+,56?,57-,58+,59+,60-,61+/m1/s1. The minimum Gasteiger partial charge on any atom is -0.459 e. The van der Waals surface area contributed by atoms with Gasteiger partial charge in [-0.2, -0.15) is 0 Å². The second-order valence-corrected chi connectivity index (χ2v) is 28.1. The number of carbonyl (C=O) groups excluding carboxylic acids is 1. The van der Waals surface area contributed by atoms with E-state index in [1.807, 2.05) is 0 Å². The summed E-state index contributed by atoms with van der Waals surface area (Å²) in [5, 5.41) is 20.3. The minimum atomic E-state index is -0.908. The Morgan fingerprint density at radius 3 is 2.04 bits per heavy atom. The molecule has 17 rings (SSSR count). The maximum Gasteiger partial charge on any atom is 0.308 e. The van der Waals surface area contributed by atoms with Gasteiger partial charge in [0, 0.05) is 69.6 Å². The summed E-state index contributed by atoms with van der Waals surface area (Å²) >= 11 is 0. The van der Waals surface area contributed by atoms with Gasteiger partial charge in [-0.15, -0.1) is 0 Å². The number of aliphatic hydroxyl groups is 2. The molecule has 33 atom stereocenters. The molecule has 17 saturated heterocycles. The number of hydrogen-bond donors (Lipinski definition) is 2. The Kier molecular flexibility index (Phi) is 13.4. The molecule has 12 bridgehead atoms. The van der Waals surface area contributed by atoms with Crippen LogP contribution in [-0.4, -0.2) is 199 Å². The highest BCUT2D eigenvalue weighted by atomic mass is 16.8. The van der Waals surface area contributed by atoms with E-state index in [9.17, 15) is 15.0 Å². The van der Waals surface area contributed by atoms with Crippen LogP contribution >= 0.6 is 0 Å². The number of carbonyl (C=O) groups is 1. The Morgan fingerprint density at radius 1 is 0.500 bits per heavy atom. The Morgan fingerprint density at radius 2 is 1.18 bits per heavy atom. The zero-order valence-corrected chi connectivity index (χ0v) is 47.0. The lowest BCUT2D eigenvalue weighted by atomic mass is 9.77. The molecule has 3 spiro atoms. The maximum atomic E-state index is 14.6. The number of ether oxygens (including phenoxy) is 16. The highest BCUT2D eigenvalue weighted by molar-refractivity contribution is 5.70. The van der Waals surface area contributed by atoms with Gasteiger partial charge in [0.25, 0.3) is 0 Å². The zero-order valence-electron chi connectivity index (χ0n) is 47.0. The van der Waals surface area contributed by atoms with E-state index in [1.165, 1.54) is 0 Å². The van der Waals surface area contributed by atoms with E-state index >= 15 is 0 Å². The van der Waals surface area contributed by atoms with E-state index in [4.69, 9.17) is 75.8 Å². The topological polar surface area (TPSA) is 205 Å². The first-order valence-corrected chi connectivity index (χ1v) is 31.3. The molecule has 0 aromatic carbocycles. The molecule has 4 unspecified atom stereocenters. The summed E-state index contributed by atoms with van der Waals surface area (Å²) in [5.74, 6) is -2.91. The third-order valence-corrected chi connectivity index (χ3v) is 22.7. The SMILES string of the molecule is C=C1C[C@@H]2CC[C@@]34C[C@@H]5O[C@@H]6C(O[C@H]7CC[C@H](CC(=O)O[C@@H]8[C@@H](C)[C@@H]9O[C@@H]%10C[C@]%11(C[C@@H]%12O[C@]%13(C[C@H](C)[C@@H]%14OC%15C(C[C@@H]%14O%13)OCC%15[C@@H](O)CO)C[C@H](C)[C@@H]%12O%11)O[C@@H]%10C[C@@H]9O[C@H]8C[C@H]8O[C@@H](CC[C@@H]1O2)C[C@@H](C)C8=C)O[C@@H]7[C@@H]6O3)[C@H]5O4. The van der Waals surface area contributed by atoms with Crippen molar-refractivity contribution in [2.45, 2.75) is 307 Å². The monoisotopic (exact) mass is 1120 g/mol. The number of hydrogen-bond acceptors (Lipinski definition) is 19. The van der Waals surface area contributed by atoms with Gasteiger partial charge < -0.3 is 86.0 Å². The fourth-order valence-corrected chi connectivity index (χ4v) is 18.9. The smallest absolute Gasteiger partial charge is 0.308 e. The highest BCUT2D eigenvalue weighted by Crippen LogP contribution is 2.58. The van der Waals surface area contributed by atoms with Crippen LogP contribution in [0.15, 0.2) is 24.3 Å². The second kappa shape index (κ2) is 19.9. The average Bonchev–Trinajstić information content (AvgIpc) is 3.93. The molecule has 0 aromatic heterocycles. The number of rotatable bonds is 2. The second-order valence-electron chi connectivity index (χ2n) is 28.1. The first-order chi connectivity index (χ1) is 38.6. The van der Waals surface area contributed by atoms with Gasteiger partial charge in [0.1, 0.15) is 36.6 Å². The first-order valence-electron chi connectivity index (χ1n) is 31.3. The van der Waals surface area contributed by atoms with E-state index in [0.29, 0.717) is 70.8 Å². The van der Waals surface area contributed by atoms with Crippen LogP contribution in [0.3, 0.4) is 0 Å². The average molecular weight is 1120 g/mol. The molecule has 0 aromatic rings. The van der Waals surface area contributed by atoms with E-state index < -0.39 is 54.0 Å². The van der Waals surface area contributed by atoms with Crippen LogP contribution in [0.4, 0.5) is 0 Å². The largest absolute Gasteiger partial charge is 0.459 e. The molecule has 80 heavy (non-hydrogen) atoms. The van der Waals surface area contributed by atoms with Crippen molar-refractivity contribution < 1.29 is 90.8 Å². The van der Waals surface area contributed by atoms with Gasteiger partial charge >= 0.3 is 5.97 Å². The van der Waals surface area contributed by atoms with Crippen LogP contribution in [0.1, 0.15) is 137 Å². The third kappa shape index (κ3) is 8.91. The summed E-state index contributed by atoms with van der Waals surface area (Å²) in [6.07, 6.45) is 3.77. The van der Waals surface area contributed by atoms with Gasteiger partial charge in [0.05, 0.1) is 136 Å². The molecule has 17 heterocycles. The van der Waals surface area contributed by atoms with Crippen molar-refractivity contribution in [3.8, 4) is 0 Å². The predicted molar refractivity (Wildman–Crippen MR) is 276 cm³/mol. The van der Waals surface area contributed by atoms with E-state index in [0.717, 1.165) is 49.7 Å². The number of fused-ring (bicyclic) bond motifs is 11. The van der Waals surface area contributed by atoms with Gasteiger partial charge in [-0.05, 0) is 73.8 Å². The molecule has 0 amide bonds. The molecular formula is C61H86O19. The van der Waals surface area contributed by atoms with E-state index in [-0.39, 0.29) is 165 Å². The van der Waals surface area contributed by atoms with Crippen molar-refractivity contribution in [3.05, 3.63) is 24.3 Å². The first kappa shape index (κ1) is 53.7. The van der Waals surface area contributed by atoms with Gasteiger partial charge in [-0.25, -0.2) is 0 Å². The summed E-state index contributed by atoms with van der Waals surface area (Å²) in [7, 11) is 0. The van der Waals surface area contributed by atoms with Crippen molar-refractivity contribution in [3.63, 3.8) is 0 Å². The number of esters is 1. The molecule has 19 heteroatoms. The van der Waals surface area contributed by atoms with Crippen LogP contribution in [-0.2, 0) is 80.6 Å². The van der Waals surface area contributed by atoms with E-state index in [2.05, 4.69) is 40.9 Å². The summed E-state index contributed by atoms with van der Waals surface area (Å²) in [5.41, 5.74) is 2.16. The van der Waals surface area contributed by atoms with Gasteiger partial charge in [-0.3, -0.25) is 4.79 Å². The molecule has 2 N–H and O–H groups in total. The van der Waals surface area contributed by atoms with Crippen LogP contribution in [0, 0.1) is 29.6 Å². The van der Waals surface area contributed by atoms with Crippen molar-refractivity contribution in [2.24, 2.45) is 29.6 Å². The summed E-state index contributed by atoms with van der Waals surface area (Å²) in [4.78, 5) is 14.6. The molecule has 0 saturated carbocycles. The van der Waals surface area contributed by atoms with Crippen LogP contribution in [0.2, 0.25) is 0 Å². The summed E-state index contributed by atoms with van der Waals surface area (Å²) < 4.78 is 110. The van der Waals surface area contributed by atoms with Crippen LogP contribution in [0.5, 0.6) is 0 Å². The van der Waals surface area contributed by atoms with Crippen LogP contribution < -0.4 is 0 Å². The Hall–Kier alpha value is -1.73. The summed E-state index contributed by atoms with van der Waals surface area (Å²) in [6, 6.07) is 0. The van der Waals surface area contributed by atoms with Crippen molar-refractivity contribution >= 4 is 5.97 Å². The quantitative estimate of drug-likeness (QED) is 0.270. The fraction of sp³-hybridized carbons (Fsp3) is 0.918. The molecule has 0 aliphatic carbocycles. The normalized spacial score (nSPS) is 58.9. The molecule has 0 radical (unpaired) electrons. The Labute approximate surface area is 469 Å². The highest BCUT2D eigenvalue weighted by Gasteiger charge is 2.70. The lowest BCUT2D eigenvalue weighted by Crippen LogP contribution is -2.62. The number of aliphatic hydroxyl groups excluding tert-OH is 2.